The summed E-state index contributed by atoms with van der Waals surface area (Å²) in [6, 6.07) is 7.04. The molecule has 0 saturated carbocycles. The maximum Gasteiger partial charge on any atom is 0.257 e. The number of benzene rings is 1. The van der Waals surface area contributed by atoms with Gasteiger partial charge in [-0.25, -0.2) is 9.37 Å². The molecule has 1 heterocycles. The molecular weight excluding hydrogens is 281 g/mol. The Morgan fingerprint density at radius 2 is 2.05 bits per heavy atom. The molecule has 0 saturated heterocycles. The summed E-state index contributed by atoms with van der Waals surface area (Å²) in [5, 5.41) is 5.99. The molecule has 0 fully saturated rings. The Morgan fingerprint density at radius 3 is 2.65 bits per heavy atom. The van der Waals surface area contributed by atoms with Gasteiger partial charge < -0.3 is 10.6 Å². The Bertz CT molecular complexity index is 616. The molecule has 0 unspecified atom stereocenters. The molecule has 2 aromatic rings. The van der Waals surface area contributed by atoms with Gasteiger partial charge in [-0.2, -0.15) is 0 Å². The van der Waals surface area contributed by atoms with Crippen LogP contribution in [0.3, 0.4) is 0 Å². The molecule has 6 heteroatoms. The molecule has 104 valence electrons. The van der Waals surface area contributed by atoms with E-state index in [-0.39, 0.29) is 11.7 Å². The van der Waals surface area contributed by atoms with Crippen molar-refractivity contribution in [2.45, 2.75) is 6.92 Å². The summed E-state index contributed by atoms with van der Waals surface area (Å²) in [4.78, 5) is 16.1. The smallest absolute Gasteiger partial charge is 0.257 e. The summed E-state index contributed by atoms with van der Waals surface area (Å²) in [5.74, 6) is -0.177. The van der Waals surface area contributed by atoms with E-state index in [9.17, 15) is 9.18 Å². The van der Waals surface area contributed by atoms with Crippen LogP contribution in [0.1, 0.15) is 17.3 Å². The van der Waals surface area contributed by atoms with Crippen molar-refractivity contribution in [2.24, 2.45) is 0 Å². The van der Waals surface area contributed by atoms with Crippen molar-refractivity contribution in [2.75, 3.05) is 17.2 Å². The zero-order valence-corrected chi connectivity index (χ0v) is 11.5. The molecule has 0 aliphatic carbocycles. The Hall–Kier alpha value is -2.14. The van der Waals surface area contributed by atoms with Crippen LogP contribution in [0.5, 0.6) is 0 Å². The fourth-order valence-corrected chi connectivity index (χ4v) is 1.83. The normalized spacial score (nSPS) is 10.2. The van der Waals surface area contributed by atoms with Crippen LogP contribution in [0.25, 0.3) is 0 Å². The van der Waals surface area contributed by atoms with Gasteiger partial charge in [-0.05, 0) is 37.3 Å². The van der Waals surface area contributed by atoms with Crippen LogP contribution in [-0.2, 0) is 0 Å². The zero-order valence-electron chi connectivity index (χ0n) is 10.8. The van der Waals surface area contributed by atoms with Crippen molar-refractivity contribution in [3.8, 4) is 0 Å². The van der Waals surface area contributed by atoms with E-state index in [2.05, 4.69) is 15.6 Å². The van der Waals surface area contributed by atoms with E-state index in [1.165, 1.54) is 36.5 Å². The lowest BCUT2D eigenvalue weighted by molar-refractivity contribution is 0.102. The van der Waals surface area contributed by atoms with E-state index < -0.39 is 0 Å². The first kappa shape index (κ1) is 14.3. The largest absolute Gasteiger partial charge is 0.369 e. The summed E-state index contributed by atoms with van der Waals surface area (Å²) in [6.07, 6.45) is 1.43. The Kier molecular flexibility index (Phi) is 4.53. The summed E-state index contributed by atoms with van der Waals surface area (Å²) in [6.45, 7) is 2.61. The molecule has 0 aliphatic rings. The Balaban J connectivity index is 2.13. The average Bonchev–Trinajstić information content (AvgIpc) is 2.44. The van der Waals surface area contributed by atoms with E-state index in [1.54, 1.807) is 0 Å². The van der Waals surface area contributed by atoms with Crippen molar-refractivity contribution in [1.29, 1.82) is 0 Å². The number of carbonyl (C=O) groups excluding carboxylic acids is 1. The van der Waals surface area contributed by atoms with Crippen molar-refractivity contribution in [1.82, 2.24) is 4.98 Å². The zero-order chi connectivity index (χ0) is 14.5. The monoisotopic (exact) mass is 293 g/mol. The van der Waals surface area contributed by atoms with Crippen LogP contribution < -0.4 is 10.6 Å². The minimum atomic E-state index is -0.359. The van der Waals surface area contributed by atoms with E-state index in [0.717, 1.165) is 0 Å². The van der Waals surface area contributed by atoms with Crippen LogP contribution in [-0.4, -0.2) is 17.4 Å². The predicted molar refractivity (Wildman–Crippen MR) is 77.8 cm³/mol. The minimum absolute atomic E-state index is 0.334. The minimum Gasteiger partial charge on any atom is -0.369 e. The quantitative estimate of drug-likeness (QED) is 0.906. The maximum absolute atomic E-state index is 12.8. The van der Waals surface area contributed by atoms with Gasteiger partial charge in [-0.3, -0.25) is 4.79 Å². The molecule has 0 spiro atoms. The summed E-state index contributed by atoms with van der Waals surface area (Å²) >= 11 is 6.02. The van der Waals surface area contributed by atoms with Crippen molar-refractivity contribution in [3.63, 3.8) is 0 Å². The van der Waals surface area contributed by atoms with Gasteiger partial charge in [0.05, 0.1) is 10.6 Å². The number of rotatable bonds is 4. The van der Waals surface area contributed by atoms with Crippen molar-refractivity contribution >= 4 is 29.0 Å². The molecule has 1 amide bonds. The SMILES string of the molecule is CCNc1ncc(C(=O)Nc2ccc(F)cc2)cc1Cl. The summed E-state index contributed by atoms with van der Waals surface area (Å²) in [7, 11) is 0. The number of pyridine rings is 1. The number of carbonyl (C=O) groups is 1. The highest BCUT2D eigenvalue weighted by Gasteiger charge is 2.10. The molecule has 2 rings (SSSR count). The number of nitrogens with zero attached hydrogens (tertiary/aromatic N) is 1. The summed E-state index contributed by atoms with van der Waals surface area (Å²) < 4.78 is 12.8. The highest BCUT2D eigenvalue weighted by molar-refractivity contribution is 6.33. The molecule has 0 aliphatic heterocycles. The molecule has 0 atom stereocenters. The lowest BCUT2D eigenvalue weighted by Gasteiger charge is -2.08. The predicted octanol–water partition coefficient (Wildman–Crippen LogP) is 3.56. The maximum atomic E-state index is 12.8. The first-order valence-corrected chi connectivity index (χ1v) is 6.44. The first-order chi connectivity index (χ1) is 9.60. The van der Waals surface area contributed by atoms with Gasteiger partial charge >= 0.3 is 0 Å². The van der Waals surface area contributed by atoms with E-state index in [1.807, 2.05) is 6.92 Å². The van der Waals surface area contributed by atoms with Gasteiger partial charge in [0.15, 0.2) is 0 Å². The molecule has 2 N–H and O–H groups in total. The van der Waals surface area contributed by atoms with Gasteiger partial charge in [0, 0.05) is 18.4 Å². The van der Waals surface area contributed by atoms with E-state index in [4.69, 9.17) is 11.6 Å². The molecule has 0 radical (unpaired) electrons. The van der Waals surface area contributed by atoms with Gasteiger partial charge in [0.1, 0.15) is 11.6 Å². The number of amides is 1. The molecule has 4 nitrogen and oxygen atoms in total. The molecule has 0 bridgehead atoms. The average molecular weight is 294 g/mol. The number of hydrogen-bond donors (Lipinski definition) is 2. The number of hydrogen-bond acceptors (Lipinski definition) is 3. The van der Waals surface area contributed by atoms with Gasteiger partial charge in [-0.1, -0.05) is 11.6 Å². The van der Waals surface area contributed by atoms with Gasteiger partial charge in [0.2, 0.25) is 0 Å². The van der Waals surface area contributed by atoms with Crippen LogP contribution in [0, 0.1) is 5.82 Å². The highest BCUT2D eigenvalue weighted by atomic mass is 35.5. The van der Waals surface area contributed by atoms with Crippen molar-refractivity contribution in [3.05, 3.63) is 52.9 Å². The van der Waals surface area contributed by atoms with E-state index in [0.29, 0.717) is 28.6 Å². The lowest BCUT2D eigenvalue weighted by Crippen LogP contribution is -2.13. The number of halogens is 2. The molecule has 1 aromatic heterocycles. The number of anilines is 2. The van der Waals surface area contributed by atoms with Crippen LogP contribution in [0.4, 0.5) is 15.9 Å². The molecular formula is C14H13ClFN3O. The topological polar surface area (TPSA) is 54.0 Å². The Labute approximate surface area is 121 Å². The lowest BCUT2D eigenvalue weighted by atomic mass is 10.2. The third-order valence-corrected chi connectivity index (χ3v) is 2.84. The van der Waals surface area contributed by atoms with Crippen LogP contribution in [0.2, 0.25) is 5.02 Å². The first-order valence-electron chi connectivity index (χ1n) is 6.06. The third kappa shape index (κ3) is 3.45. The molecule has 1 aromatic carbocycles. The fraction of sp³-hybridized carbons (Fsp3) is 0.143. The fourth-order valence-electron chi connectivity index (χ4n) is 1.60. The second-order valence-electron chi connectivity index (χ2n) is 4.05. The van der Waals surface area contributed by atoms with Crippen molar-refractivity contribution < 1.29 is 9.18 Å². The second-order valence-corrected chi connectivity index (χ2v) is 4.45. The molecule has 20 heavy (non-hydrogen) atoms. The summed E-state index contributed by atoms with van der Waals surface area (Å²) in [5.41, 5.74) is 0.837. The second kappa shape index (κ2) is 6.34. The van der Waals surface area contributed by atoms with Gasteiger partial charge in [-0.15, -0.1) is 0 Å². The number of nitrogens with one attached hydrogen (secondary N) is 2. The number of aromatic nitrogens is 1. The van der Waals surface area contributed by atoms with E-state index >= 15 is 0 Å². The van der Waals surface area contributed by atoms with Crippen LogP contribution >= 0.6 is 11.6 Å². The van der Waals surface area contributed by atoms with Gasteiger partial charge in [0.25, 0.3) is 5.91 Å². The third-order valence-electron chi connectivity index (χ3n) is 2.55. The highest BCUT2D eigenvalue weighted by Crippen LogP contribution is 2.20. The Morgan fingerprint density at radius 1 is 1.35 bits per heavy atom. The van der Waals surface area contributed by atoms with Crippen LogP contribution in [0.15, 0.2) is 36.5 Å². The standard InChI is InChI=1S/C14H13ClFN3O/c1-2-17-13-12(15)7-9(8-18-13)14(20)19-11-5-3-10(16)4-6-11/h3-8H,2H2,1H3,(H,17,18)(H,19,20).